The van der Waals surface area contributed by atoms with E-state index in [1.54, 1.807) is 0 Å². The van der Waals surface area contributed by atoms with Crippen molar-refractivity contribution in [3.8, 4) is 0 Å². The van der Waals surface area contributed by atoms with Crippen molar-refractivity contribution in [3.05, 3.63) is 40.4 Å². The highest BCUT2D eigenvalue weighted by molar-refractivity contribution is 9.10. The van der Waals surface area contributed by atoms with Gasteiger partial charge < -0.3 is 5.32 Å². The zero-order valence-electron chi connectivity index (χ0n) is 15.0. The lowest BCUT2D eigenvalue weighted by Crippen LogP contribution is -2.40. The summed E-state index contributed by atoms with van der Waals surface area (Å²) in [6.07, 6.45) is 6.20. The quantitative estimate of drug-likeness (QED) is 0.591. The fourth-order valence-electron chi connectivity index (χ4n) is 5.48. The Morgan fingerprint density at radius 2 is 1.78 bits per heavy atom. The summed E-state index contributed by atoms with van der Waals surface area (Å²) in [5.74, 6) is 0.389. The number of carbonyl (C=O) groups is 3. The second-order valence-electron chi connectivity index (χ2n) is 8.12. The van der Waals surface area contributed by atoms with Gasteiger partial charge in [0.05, 0.1) is 11.8 Å². The summed E-state index contributed by atoms with van der Waals surface area (Å²) in [5.41, 5.74) is 1.73. The van der Waals surface area contributed by atoms with Crippen molar-refractivity contribution in [3.63, 3.8) is 0 Å². The lowest BCUT2D eigenvalue weighted by atomic mass is 9.63. The van der Waals surface area contributed by atoms with Crippen LogP contribution < -0.4 is 5.32 Å². The molecule has 0 aromatic heterocycles. The molecule has 0 spiro atoms. The minimum absolute atomic E-state index is 0.156. The molecular weight excluding hydrogens is 408 g/mol. The van der Waals surface area contributed by atoms with E-state index in [2.05, 4.69) is 33.4 Å². The number of allylic oxidation sites excluding steroid dienone is 2. The van der Waals surface area contributed by atoms with Crippen LogP contribution in [-0.2, 0) is 20.8 Å². The first-order valence-electron chi connectivity index (χ1n) is 9.61. The maximum Gasteiger partial charge on any atom is 0.244 e. The number of imide groups is 1. The fourth-order valence-corrected chi connectivity index (χ4v) is 5.89. The van der Waals surface area contributed by atoms with E-state index in [0.717, 1.165) is 28.6 Å². The Kier molecular flexibility index (Phi) is 3.83. The number of halogens is 1. The Morgan fingerprint density at radius 1 is 1.15 bits per heavy atom. The molecule has 27 heavy (non-hydrogen) atoms. The van der Waals surface area contributed by atoms with Gasteiger partial charge in [0.15, 0.2) is 0 Å². The van der Waals surface area contributed by atoms with Crippen LogP contribution in [0.5, 0.6) is 0 Å². The second kappa shape index (κ2) is 6.03. The molecule has 0 unspecified atom stereocenters. The molecule has 1 heterocycles. The van der Waals surface area contributed by atoms with E-state index < -0.39 is 0 Å². The molecule has 3 amide bonds. The Hall–Kier alpha value is -1.95. The van der Waals surface area contributed by atoms with E-state index in [-0.39, 0.29) is 47.9 Å². The van der Waals surface area contributed by atoms with E-state index in [4.69, 9.17) is 0 Å². The molecule has 2 saturated carbocycles. The number of hydrogen-bond acceptors (Lipinski definition) is 3. The maximum absolute atomic E-state index is 12.9. The summed E-state index contributed by atoms with van der Waals surface area (Å²) in [4.78, 5) is 39.7. The summed E-state index contributed by atoms with van der Waals surface area (Å²) >= 11 is 3.43. The molecule has 4 aliphatic carbocycles. The largest absolute Gasteiger partial charge is 0.324 e. The highest BCUT2D eigenvalue weighted by atomic mass is 79.9. The highest BCUT2D eigenvalue weighted by Crippen LogP contribution is 2.65. The number of aryl methyl sites for hydroxylation is 1. The molecule has 1 N–H and O–H groups in total. The van der Waals surface area contributed by atoms with Crippen molar-refractivity contribution >= 4 is 39.3 Å². The SMILES string of the molecule is CCc1cc(Br)ccc1NC(=O)CN1C(=O)[C@H]2[C@@H]3C=C[C@@H]([C@H]4C[C@H]34)[C@@H]2C1=O. The summed E-state index contributed by atoms with van der Waals surface area (Å²) < 4.78 is 0.952. The van der Waals surface area contributed by atoms with Gasteiger partial charge in [0.25, 0.3) is 0 Å². The van der Waals surface area contributed by atoms with Crippen molar-refractivity contribution in [1.29, 1.82) is 0 Å². The Morgan fingerprint density at radius 3 is 2.37 bits per heavy atom. The van der Waals surface area contributed by atoms with Gasteiger partial charge in [0, 0.05) is 10.2 Å². The Balaban J connectivity index is 1.33. The normalized spacial score (nSPS) is 35.3. The molecule has 0 radical (unpaired) electrons. The van der Waals surface area contributed by atoms with E-state index in [1.165, 1.54) is 4.90 Å². The zero-order valence-corrected chi connectivity index (χ0v) is 16.6. The molecule has 1 aliphatic heterocycles. The van der Waals surface area contributed by atoms with Crippen LogP contribution >= 0.6 is 15.9 Å². The number of rotatable bonds is 4. The van der Waals surface area contributed by atoms with Crippen molar-refractivity contribution in [2.24, 2.45) is 35.5 Å². The average molecular weight is 429 g/mol. The molecule has 6 rings (SSSR count). The predicted molar refractivity (Wildman–Crippen MR) is 104 cm³/mol. The fraction of sp³-hybridized carbons (Fsp3) is 0.476. The monoisotopic (exact) mass is 428 g/mol. The van der Waals surface area contributed by atoms with E-state index in [1.807, 2.05) is 25.1 Å². The second-order valence-corrected chi connectivity index (χ2v) is 9.04. The molecular formula is C21H21BrN2O3. The van der Waals surface area contributed by atoms with Crippen LogP contribution in [0.1, 0.15) is 18.9 Å². The molecule has 2 bridgehead atoms. The van der Waals surface area contributed by atoms with Crippen LogP contribution in [0.2, 0.25) is 0 Å². The average Bonchev–Trinajstić information content (AvgIpc) is 3.44. The standard InChI is InChI=1S/C21H21BrN2O3/c1-2-10-7-11(22)3-6-16(10)23-17(25)9-24-20(26)18-12-4-5-13(15-8-14(12)15)19(18)21(24)27/h3-7,12-15,18-19H,2,8-9H2,1H3,(H,23,25)/t12-,13+,14-,15-,18+,19+/m1/s1. The number of hydrogen-bond donors (Lipinski definition) is 1. The van der Waals surface area contributed by atoms with Crippen molar-refractivity contribution in [2.45, 2.75) is 19.8 Å². The third kappa shape index (κ3) is 2.53. The minimum atomic E-state index is -0.321. The third-order valence-electron chi connectivity index (χ3n) is 6.78. The molecule has 5 aliphatic rings. The van der Waals surface area contributed by atoms with Crippen LogP contribution in [0.3, 0.4) is 0 Å². The Labute approximate surface area is 166 Å². The summed E-state index contributed by atoms with van der Waals surface area (Å²) in [5, 5.41) is 2.87. The molecule has 140 valence electrons. The number of carbonyl (C=O) groups excluding carboxylic acids is 3. The van der Waals surface area contributed by atoms with Gasteiger partial charge in [-0.15, -0.1) is 0 Å². The van der Waals surface area contributed by atoms with E-state index in [0.29, 0.717) is 11.8 Å². The topological polar surface area (TPSA) is 66.5 Å². The molecule has 1 saturated heterocycles. The molecule has 6 heteroatoms. The summed E-state index contributed by atoms with van der Waals surface area (Å²) in [7, 11) is 0. The third-order valence-corrected chi connectivity index (χ3v) is 7.27. The number of amides is 3. The van der Waals surface area contributed by atoms with Crippen molar-refractivity contribution < 1.29 is 14.4 Å². The van der Waals surface area contributed by atoms with Crippen molar-refractivity contribution in [2.75, 3.05) is 11.9 Å². The Bertz CT molecular complexity index is 859. The van der Waals surface area contributed by atoms with Crippen molar-refractivity contribution in [1.82, 2.24) is 4.90 Å². The van der Waals surface area contributed by atoms with Crippen LogP contribution in [0, 0.1) is 35.5 Å². The van der Waals surface area contributed by atoms with Gasteiger partial charge in [0.1, 0.15) is 6.54 Å². The maximum atomic E-state index is 12.9. The number of likely N-dealkylation sites (tertiary alicyclic amines) is 1. The minimum Gasteiger partial charge on any atom is -0.324 e. The first-order chi connectivity index (χ1) is 13.0. The van der Waals surface area contributed by atoms with Crippen LogP contribution in [0.4, 0.5) is 5.69 Å². The highest BCUT2D eigenvalue weighted by Gasteiger charge is 2.67. The predicted octanol–water partition coefficient (Wildman–Crippen LogP) is 3.00. The molecule has 3 fully saturated rings. The molecule has 1 aromatic carbocycles. The summed E-state index contributed by atoms with van der Waals surface area (Å²) in [6, 6.07) is 5.67. The van der Waals surface area contributed by atoms with E-state index in [9.17, 15) is 14.4 Å². The van der Waals surface area contributed by atoms with Gasteiger partial charge in [-0.3, -0.25) is 19.3 Å². The number of anilines is 1. The zero-order chi connectivity index (χ0) is 18.9. The summed E-state index contributed by atoms with van der Waals surface area (Å²) in [6.45, 7) is 1.82. The van der Waals surface area contributed by atoms with Gasteiger partial charge >= 0.3 is 0 Å². The smallest absolute Gasteiger partial charge is 0.244 e. The molecule has 1 aromatic rings. The van der Waals surface area contributed by atoms with Gasteiger partial charge in [-0.2, -0.15) is 0 Å². The van der Waals surface area contributed by atoms with Gasteiger partial charge in [0.2, 0.25) is 17.7 Å². The van der Waals surface area contributed by atoms with Crippen LogP contribution in [0.25, 0.3) is 0 Å². The number of nitrogens with one attached hydrogen (secondary N) is 1. The van der Waals surface area contributed by atoms with Gasteiger partial charge in [-0.05, 0) is 60.3 Å². The first kappa shape index (κ1) is 17.2. The van der Waals surface area contributed by atoms with Gasteiger partial charge in [-0.25, -0.2) is 0 Å². The van der Waals surface area contributed by atoms with Crippen LogP contribution in [0.15, 0.2) is 34.8 Å². The van der Waals surface area contributed by atoms with E-state index >= 15 is 0 Å². The lowest BCUT2D eigenvalue weighted by molar-refractivity contribution is -0.142. The lowest BCUT2D eigenvalue weighted by Gasteiger charge is -2.37. The number of benzene rings is 1. The number of nitrogens with zero attached hydrogens (tertiary/aromatic N) is 1. The van der Waals surface area contributed by atoms with Gasteiger partial charge in [-0.1, -0.05) is 35.0 Å². The molecule has 5 nitrogen and oxygen atoms in total. The van der Waals surface area contributed by atoms with Crippen LogP contribution in [-0.4, -0.2) is 29.2 Å². The molecule has 6 atom stereocenters. The first-order valence-corrected chi connectivity index (χ1v) is 10.4.